The highest BCUT2D eigenvalue weighted by Gasteiger charge is 2.21. The zero-order valence-corrected chi connectivity index (χ0v) is 18.4. The third-order valence-electron chi connectivity index (χ3n) is 5.13. The number of hydrogen-bond donors (Lipinski definition) is 0. The number of benzene rings is 1. The molecule has 1 aliphatic heterocycles. The van der Waals surface area contributed by atoms with Crippen LogP contribution in [0.1, 0.15) is 17.1 Å². The van der Waals surface area contributed by atoms with Gasteiger partial charge in [-0.1, -0.05) is 30.0 Å². The summed E-state index contributed by atoms with van der Waals surface area (Å²) in [6.07, 6.45) is 0. The largest absolute Gasteiger partial charge is 0.368 e. The average Bonchev–Trinajstić information content (AvgIpc) is 3.10. The summed E-state index contributed by atoms with van der Waals surface area (Å²) in [5, 5.41) is 5.11. The summed E-state index contributed by atoms with van der Waals surface area (Å²) in [7, 11) is 0. The number of anilines is 1. The van der Waals surface area contributed by atoms with Gasteiger partial charge < -0.3 is 9.80 Å². The van der Waals surface area contributed by atoms with E-state index in [9.17, 15) is 4.79 Å². The van der Waals surface area contributed by atoms with Crippen molar-refractivity contribution in [2.45, 2.75) is 25.9 Å². The number of aryl methyl sites for hydroxylation is 3. The number of para-hydroxylation sites is 1. The summed E-state index contributed by atoms with van der Waals surface area (Å²) in [6, 6.07) is 14.3. The Morgan fingerprint density at radius 2 is 1.70 bits per heavy atom. The van der Waals surface area contributed by atoms with Crippen LogP contribution in [0.3, 0.4) is 0 Å². The maximum atomic E-state index is 12.7. The van der Waals surface area contributed by atoms with Crippen LogP contribution in [0.25, 0.3) is 5.82 Å². The monoisotopic (exact) mass is 422 g/mol. The van der Waals surface area contributed by atoms with Crippen LogP contribution in [0.4, 0.5) is 5.69 Å². The van der Waals surface area contributed by atoms with Gasteiger partial charge in [-0.05, 0) is 39.0 Å². The van der Waals surface area contributed by atoms with Crippen molar-refractivity contribution in [1.29, 1.82) is 0 Å². The van der Waals surface area contributed by atoms with Crippen molar-refractivity contribution < 1.29 is 4.79 Å². The van der Waals surface area contributed by atoms with Gasteiger partial charge in [-0.25, -0.2) is 14.6 Å². The van der Waals surface area contributed by atoms with E-state index in [0.717, 1.165) is 49.1 Å². The van der Waals surface area contributed by atoms with Crippen molar-refractivity contribution in [2.24, 2.45) is 0 Å². The Kier molecular flexibility index (Phi) is 6.03. The lowest BCUT2D eigenvalue weighted by molar-refractivity contribution is -0.128. The van der Waals surface area contributed by atoms with Gasteiger partial charge in [-0.2, -0.15) is 5.10 Å². The summed E-state index contributed by atoms with van der Waals surface area (Å²) in [5.74, 6) is 1.20. The lowest BCUT2D eigenvalue weighted by Gasteiger charge is -2.36. The minimum absolute atomic E-state index is 0.130. The fraction of sp³-hybridized carbons (Fsp3) is 0.364. The van der Waals surface area contributed by atoms with E-state index in [2.05, 4.69) is 32.1 Å². The molecule has 1 fully saturated rings. The van der Waals surface area contributed by atoms with E-state index in [0.29, 0.717) is 10.9 Å². The first-order valence-electron chi connectivity index (χ1n) is 10.1. The third-order valence-corrected chi connectivity index (χ3v) is 5.96. The number of thioether (sulfide) groups is 1. The number of amides is 1. The normalized spacial score (nSPS) is 14.2. The summed E-state index contributed by atoms with van der Waals surface area (Å²) >= 11 is 1.39. The number of piperazine rings is 1. The lowest BCUT2D eigenvalue weighted by Crippen LogP contribution is -2.49. The maximum Gasteiger partial charge on any atom is 0.233 e. The molecule has 7 nitrogen and oxygen atoms in total. The summed E-state index contributed by atoms with van der Waals surface area (Å²) in [6.45, 7) is 9.07. The van der Waals surface area contributed by atoms with Crippen LogP contribution in [-0.2, 0) is 4.79 Å². The van der Waals surface area contributed by atoms with E-state index < -0.39 is 0 Å². The number of hydrogen-bond acceptors (Lipinski definition) is 6. The first-order chi connectivity index (χ1) is 14.5. The second-order valence-electron chi connectivity index (χ2n) is 7.48. The Morgan fingerprint density at radius 3 is 2.37 bits per heavy atom. The SMILES string of the molecule is Cc1cc(-n2nc(C)cc2C)nc(SCC(=O)N2CCN(c3ccccc3)CC2)n1. The van der Waals surface area contributed by atoms with Crippen molar-refractivity contribution in [1.82, 2.24) is 24.6 Å². The highest BCUT2D eigenvalue weighted by molar-refractivity contribution is 7.99. The third kappa shape index (κ3) is 4.64. The zero-order valence-electron chi connectivity index (χ0n) is 17.6. The molecule has 0 saturated carbocycles. The molecule has 1 aliphatic rings. The van der Waals surface area contributed by atoms with E-state index in [1.807, 2.05) is 60.7 Å². The second kappa shape index (κ2) is 8.87. The Bertz CT molecular complexity index is 1030. The van der Waals surface area contributed by atoms with Gasteiger partial charge in [0.2, 0.25) is 5.91 Å². The summed E-state index contributed by atoms with van der Waals surface area (Å²) in [5.41, 5.74) is 4.04. The molecule has 0 unspecified atom stereocenters. The van der Waals surface area contributed by atoms with Gasteiger partial charge in [0.05, 0.1) is 11.4 Å². The summed E-state index contributed by atoms with van der Waals surface area (Å²) < 4.78 is 1.82. The predicted octanol–water partition coefficient (Wildman–Crippen LogP) is 3.03. The van der Waals surface area contributed by atoms with E-state index in [1.54, 1.807) is 0 Å². The molecule has 1 aromatic carbocycles. The Morgan fingerprint density at radius 1 is 0.967 bits per heavy atom. The first kappa shape index (κ1) is 20.4. The van der Waals surface area contributed by atoms with Crippen LogP contribution in [0.2, 0.25) is 0 Å². The van der Waals surface area contributed by atoms with Gasteiger partial charge in [0.15, 0.2) is 11.0 Å². The van der Waals surface area contributed by atoms with Crippen LogP contribution in [-0.4, -0.2) is 62.5 Å². The molecule has 156 valence electrons. The molecule has 8 heteroatoms. The van der Waals surface area contributed by atoms with Crippen molar-refractivity contribution in [2.75, 3.05) is 36.8 Å². The lowest BCUT2D eigenvalue weighted by atomic mass is 10.2. The fourth-order valence-electron chi connectivity index (χ4n) is 3.63. The molecule has 2 aromatic heterocycles. The van der Waals surface area contributed by atoms with Gasteiger partial charge in [0.25, 0.3) is 0 Å². The van der Waals surface area contributed by atoms with Crippen LogP contribution >= 0.6 is 11.8 Å². The average molecular weight is 423 g/mol. The molecular weight excluding hydrogens is 396 g/mol. The fourth-order valence-corrected chi connectivity index (χ4v) is 4.43. The molecule has 1 saturated heterocycles. The van der Waals surface area contributed by atoms with E-state index in [1.165, 1.54) is 17.4 Å². The van der Waals surface area contributed by atoms with E-state index in [4.69, 9.17) is 0 Å². The second-order valence-corrected chi connectivity index (χ2v) is 8.42. The van der Waals surface area contributed by atoms with Crippen molar-refractivity contribution in [3.63, 3.8) is 0 Å². The quantitative estimate of drug-likeness (QED) is 0.465. The van der Waals surface area contributed by atoms with Crippen molar-refractivity contribution in [3.05, 3.63) is 59.5 Å². The minimum Gasteiger partial charge on any atom is -0.368 e. The summed E-state index contributed by atoms with van der Waals surface area (Å²) in [4.78, 5) is 26.1. The highest BCUT2D eigenvalue weighted by atomic mass is 32.2. The first-order valence-corrected chi connectivity index (χ1v) is 11.1. The number of nitrogens with zero attached hydrogens (tertiary/aromatic N) is 6. The molecule has 1 amide bonds. The van der Waals surface area contributed by atoms with E-state index in [-0.39, 0.29) is 5.91 Å². The van der Waals surface area contributed by atoms with Gasteiger partial charge in [0.1, 0.15) is 0 Å². The number of aromatic nitrogens is 4. The molecule has 3 aromatic rings. The minimum atomic E-state index is 0.130. The maximum absolute atomic E-state index is 12.7. The molecule has 0 radical (unpaired) electrons. The van der Waals surface area contributed by atoms with E-state index >= 15 is 0 Å². The molecule has 0 atom stereocenters. The predicted molar refractivity (Wildman–Crippen MR) is 119 cm³/mol. The zero-order chi connectivity index (χ0) is 21.1. The number of carbonyl (C=O) groups is 1. The Labute approximate surface area is 181 Å². The molecule has 4 rings (SSSR count). The van der Waals surface area contributed by atoms with Gasteiger partial charge in [0, 0.05) is 49.3 Å². The standard InChI is InChI=1S/C22H26N6OS/c1-16-14-20(28-18(3)13-17(2)25-28)24-22(23-16)30-15-21(29)27-11-9-26(10-12-27)19-7-5-4-6-8-19/h4-8,13-14H,9-12,15H2,1-3H3. The van der Waals surface area contributed by atoms with Crippen LogP contribution in [0.5, 0.6) is 0 Å². The van der Waals surface area contributed by atoms with Crippen LogP contribution < -0.4 is 4.90 Å². The van der Waals surface area contributed by atoms with Crippen molar-refractivity contribution in [3.8, 4) is 5.82 Å². The smallest absolute Gasteiger partial charge is 0.233 e. The van der Waals surface area contributed by atoms with Crippen LogP contribution in [0, 0.1) is 20.8 Å². The highest BCUT2D eigenvalue weighted by Crippen LogP contribution is 2.20. The molecule has 0 N–H and O–H groups in total. The van der Waals surface area contributed by atoms with Crippen LogP contribution in [0.15, 0.2) is 47.6 Å². The molecule has 0 spiro atoms. The molecule has 0 bridgehead atoms. The number of rotatable bonds is 5. The van der Waals surface area contributed by atoms with Crippen molar-refractivity contribution >= 4 is 23.4 Å². The Balaban J connectivity index is 1.36. The molecule has 0 aliphatic carbocycles. The topological polar surface area (TPSA) is 67.2 Å². The van der Waals surface area contributed by atoms with Gasteiger partial charge in [-0.3, -0.25) is 4.79 Å². The van der Waals surface area contributed by atoms with Gasteiger partial charge >= 0.3 is 0 Å². The molecule has 3 heterocycles. The molecular formula is C22H26N6OS. The number of carbonyl (C=O) groups excluding carboxylic acids is 1. The Hall–Kier alpha value is -2.87. The van der Waals surface area contributed by atoms with Gasteiger partial charge in [-0.15, -0.1) is 0 Å². The molecule has 30 heavy (non-hydrogen) atoms.